The topological polar surface area (TPSA) is 10.4 Å². The number of hydrogen-bond acceptors (Lipinski definition) is 2. The molecule has 0 spiro atoms. The Balaban J connectivity index is 1.21. The predicted molar refractivity (Wildman–Crippen MR) is 236 cm³/mol. The van der Waals surface area contributed by atoms with Crippen LogP contribution in [0.3, 0.4) is 0 Å². The van der Waals surface area contributed by atoms with E-state index in [0.29, 0.717) is 0 Å². The molecule has 57 heavy (non-hydrogen) atoms. The van der Waals surface area contributed by atoms with E-state index in [1.54, 1.807) is 0 Å². The minimum Gasteiger partial charge on any atom is -0.310 e. The highest BCUT2D eigenvalue weighted by molar-refractivity contribution is 5.99. The fourth-order valence-corrected chi connectivity index (χ4v) is 8.47. The number of benzene rings is 8. The molecular weight excluding hydrogens is 691 g/mol. The molecular formula is C54H40N3+. The molecule has 0 amide bonds. The van der Waals surface area contributed by atoms with Gasteiger partial charge in [0.1, 0.15) is 0 Å². The lowest BCUT2D eigenvalue weighted by Gasteiger charge is -2.33. The summed E-state index contributed by atoms with van der Waals surface area (Å²) in [6.45, 7) is 0. The van der Waals surface area contributed by atoms with Crippen molar-refractivity contribution < 1.29 is 4.57 Å². The van der Waals surface area contributed by atoms with Crippen molar-refractivity contribution >= 4 is 34.1 Å². The van der Waals surface area contributed by atoms with Gasteiger partial charge in [-0.05, 0) is 94.5 Å². The second-order valence-corrected chi connectivity index (χ2v) is 14.4. The van der Waals surface area contributed by atoms with Crippen molar-refractivity contribution in [3.63, 3.8) is 0 Å². The molecule has 1 aromatic heterocycles. The highest BCUT2D eigenvalue weighted by Crippen LogP contribution is 2.51. The zero-order valence-corrected chi connectivity index (χ0v) is 31.4. The van der Waals surface area contributed by atoms with Crippen LogP contribution in [-0.4, -0.2) is 0 Å². The quantitative estimate of drug-likeness (QED) is 0.137. The van der Waals surface area contributed by atoms with Crippen molar-refractivity contribution in [2.75, 3.05) is 9.80 Å². The smallest absolute Gasteiger partial charge is 0.210 e. The molecule has 0 aliphatic heterocycles. The first-order valence-electron chi connectivity index (χ1n) is 19.6. The Bertz CT molecular complexity index is 2790. The standard InChI is InChI=1S/C54H40N3/c1-6-20-40(21-7-1)42-24-18-29-45(38-42)56(43-25-10-3-11-26-43)51-32-19-33-52(53(51)41-22-8-2-9-23-41)57(44-27-12-4-13-28-44)46-34-35-49-50(39-46)47-30-14-15-31-48(47)54(49)55-36-16-5-17-37-55/h1-39,54H/q+1. The van der Waals surface area contributed by atoms with E-state index in [1.807, 2.05) is 0 Å². The van der Waals surface area contributed by atoms with Crippen LogP contribution in [0.25, 0.3) is 33.4 Å². The van der Waals surface area contributed by atoms with Crippen LogP contribution < -0.4 is 14.4 Å². The summed E-state index contributed by atoms with van der Waals surface area (Å²) in [4.78, 5) is 4.84. The minimum atomic E-state index is 0.103. The highest BCUT2D eigenvalue weighted by Gasteiger charge is 2.36. The van der Waals surface area contributed by atoms with Crippen molar-refractivity contribution in [1.29, 1.82) is 0 Å². The maximum absolute atomic E-state index is 2.43. The molecule has 1 heterocycles. The molecule has 0 bridgehead atoms. The van der Waals surface area contributed by atoms with E-state index in [4.69, 9.17) is 0 Å². The van der Waals surface area contributed by atoms with Gasteiger partial charge in [0.2, 0.25) is 6.04 Å². The Labute approximate surface area is 334 Å². The van der Waals surface area contributed by atoms with Crippen molar-refractivity contribution in [3.05, 3.63) is 248 Å². The average Bonchev–Trinajstić information content (AvgIpc) is 3.62. The van der Waals surface area contributed by atoms with Crippen molar-refractivity contribution in [3.8, 4) is 33.4 Å². The van der Waals surface area contributed by atoms with Gasteiger partial charge in [-0.2, -0.15) is 4.57 Å². The first kappa shape index (κ1) is 34.0. The molecule has 270 valence electrons. The maximum Gasteiger partial charge on any atom is 0.210 e. The number of para-hydroxylation sites is 2. The van der Waals surface area contributed by atoms with Crippen LogP contribution in [0, 0.1) is 0 Å². The Hall–Kier alpha value is -7.49. The normalized spacial score (nSPS) is 12.7. The third-order valence-corrected chi connectivity index (χ3v) is 11.0. The summed E-state index contributed by atoms with van der Waals surface area (Å²) in [5.41, 5.74) is 16.3. The Kier molecular flexibility index (Phi) is 8.94. The van der Waals surface area contributed by atoms with Crippen LogP contribution in [-0.2, 0) is 0 Å². The van der Waals surface area contributed by atoms with Gasteiger partial charge in [-0.15, -0.1) is 0 Å². The van der Waals surface area contributed by atoms with Gasteiger partial charge in [-0.1, -0.05) is 146 Å². The van der Waals surface area contributed by atoms with E-state index >= 15 is 0 Å². The third kappa shape index (κ3) is 6.35. The Morgan fingerprint density at radius 1 is 0.316 bits per heavy atom. The summed E-state index contributed by atoms with van der Waals surface area (Å²) < 4.78 is 2.32. The molecule has 9 aromatic rings. The fourth-order valence-electron chi connectivity index (χ4n) is 8.47. The third-order valence-electron chi connectivity index (χ3n) is 11.0. The highest BCUT2D eigenvalue weighted by atomic mass is 15.2. The SMILES string of the molecule is c1ccc(-c2cccc(N(c3ccccc3)c3cccc(N(c4ccccc4)c4ccc5c(c4)-c4ccccc4C5[n+]4ccccc4)c3-c3ccccc3)c2)cc1. The lowest BCUT2D eigenvalue weighted by atomic mass is 9.97. The largest absolute Gasteiger partial charge is 0.310 e. The number of fused-ring (bicyclic) bond motifs is 3. The van der Waals surface area contributed by atoms with E-state index in [9.17, 15) is 0 Å². The van der Waals surface area contributed by atoms with Crippen LogP contribution in [0.4, 0.5) is 34.1 Å². The van der Waals surface area contributed by atoms with Gasteiger partial charge in [0.05, 0.1) is 11.4 Å². The molecule has 0 N–H and O–H groups in total. The van der Waals surface area contributed by atoms with E-state index in [2.05, 4.69) is 251 Å². The van der Waals surface area contributed by atoms with Gasteiger partial charge in [0, 0.05) is 51.6 Å². The first-order chi connectivity index (χ1) is 28.3. The maximum atomic E-state index is 2.43. The molecule has 0 radical (unpaired) electrons. The first-order valence-corrected chi connectivity index (χ1v) is 19.6. The average molecular weight is 731 g/mol. The number of rotatable bonds is 9. The summed E-state index contributed by atoms with van der Waals surface area (Å²) in [6, 6.07) is 80.9. The lowest BCUT2D eigenvalue weighted by molar-refractivity contribution is -0.704. The number of aromatic nitrogens is 1. The molecule has 0 fully saturated rings. The fraction of sp³-hybridized carbons (Fsp3) is 0.0185. The van der Waals surface area contributed by atoms with E-state index in [-0.39, 0.29) is 6.04 Å². The second-order valence-electron chi connectivity index (χ2n) is 14.4. The number of nitrogens with zero attached hydrogens (tertiary/aromatic N) is 3. The van der Waals surface area contributed by atoms with Gasteiger partial charge < -0.3 is 9.80 Å². The van der Waals surface area contributed by atoms with Crippen LogP contribution in [0.15, 0.2) is 237 Å². The number of pyridine rings is 1. The molecule has 0 saturated heterocycles. The molecule has 0 saturated carbocycles. The van der Waals surface area contributed by atoms with Gasteiger partial charge in [-0.3, -0.25) is 0 Å². The number of hydrogen-bond donors (Lipinski definition) is 0. The molecule has 1 unspecified atom stereocenters. The van der Waals surface area contributed by atoms with Crippen LogP contribution in [0.5, 0.6) is 0 Å². The molecule has 3 heteroatoms. The summed E-state index contributed by atoms with van der Waals surface area (Å²) in [5, 5.41) is 0. The predicted octanol–water partition coefficient (Wildman–Crippen LogP) is 13.9. The van der Waals surface area contributed by atoms with Crippen LogP contribution >= 0.6 is 0 Å². The monoisotopic (exact) mass is 730 g/mol. The Morgan fingerprint density at radius 2 is 0.789 bits per heavy atom. The van der Waals surface area contributed by atoms with E-state index < -0.39 is 0 Å². The van der Waals surface area contributed by atoms with Crippen molar-refractivity contribution in [1.82, 2.24) is 0 Å². The van der Waals surface area contributed by atoms with Gasteiger partial charge in [0.25, 0.3) is 0 Å². The van der Waals surface area contributed by atoms with Crippen molar-refractivity contribution in [2.45, 2.75) is 6.04 Å². The summed E-state index contributed by atoms with van der Waals surface area (Å²) in [5.74, 6) is 0. The zero-order valence-electron chi connectivity index (χ0n) is 31.4. The van der Waals surface area contributed by atoms with Crippen LogP contribution in [0.2, 0.25) is 0 Å². The van der Waals surface area contributed by atoms with E-state index in [0.717, 1.165) is 45.3 Å². The molecule has 8 aromatic carbocycles. The minimum absolute atomic E-state index is 0.103. The second kappa shape index (κ2) is 15.0. The molecule has 1 aliphatic rings. The molecule has 1 atom stereocenters. The molecule has 1 aliphatic carbocycles. The lowest BCUT2D eigenvalue weighted by Crippen LogP contribution is -2.38. The van der Waals surface area contributed by atoms with Crippen LogP contribution in [0.1, 0.15) is 17.2 Å². The zero-order chi connectivity index (χ0) is 38.0. The summed E-state index contributed by atoms with van der Waals surface area (Å²) >= 11 is 0. The number of anilines is 6. The Morgan fingerprint density at radius 3 is 1.44 bits per heavy atom. The van der Waals surface area contributed by atoms with Gasteiger partial charge in [0.15, 0.2) is 12.4 Å². The molecule has 10 rings (SSSR count). The molecule has 3 nitrogen and oxygen atoms in total. The van der Waals surface area contributed by atoms with Gasteiger partial charge >= 0.3 is 0 Å². The van der Waals surface area contributed by atoms with E-state index in [1.165, 1.54) is 33.4 Å². The summed E-state index contributed by atoms with van der Waals surface area (Å²) in [7, 11) is 0. The van der Waals surface area contributed by atoms with Crippen molar-refractivity contribution in [2.24, 2.45) is 0 Å². The summed E-state index contributed by atoms with van der Waals surface area (Å²) in [6.07, 6.45) is 4.35. The van der Waals surface area contributed by atoms with Gasteiger partial charge in [-0.25, -0.2) is 0 Å².